The minimum absolute atomic E-state index is 0. The molecule has 1 aromatic carbocycles. The number of aromatic nitrogens is 1. The largest absolute Gasteiger partial charge is 0.337 e. The van der Waals surface area contributed by atoms with Crippen LogP contribution in [-0.4, -0.2) is 29.4 Å². The molecule has 2 N–H and O–H groups in total. The molecular weight excluding hydrogens is 365 g/mol. The summed E-state index contributed by atoms with van der Waals surface area (Å²) in [5, 5.41) is 1.00. The van der Waals surface area contributed by atoms with Gasteiger partial charge in [-0.3, -0.25) is 4.79 Å². The Morgan fingerprint density at radius 1 is 1.21 bits per heavy atom. The lowest BCUT2D eigenvalue weighted by atomic mass is 10.1. The molecule has 0 saturated carbocycles. The molecule has 1 amide bonds. The minimum Gasteiger partial charge on any atom is -0.337 e. The standard InChI is InChI=1S/C17H25N3OS.2ClH/c1-13(17-19-14-9-6-7-10-15(14)22-17)20(2)16(21)11-5-3-4-8-12-18;;/h6-7,9-10,13H,3-5,8,11-12,18H2,1-2H3;2*1H. The van der Waals surface area contributed by atoms with Gasteiger partial charge in [0.05, 0.1) is 16.3 Å². The lowest BCUT2D eigenvalue weighted by Gasteiger charge is -2.23. The van der Waals surface area contributed by atoms with E-state index in [2.05, 4.69) is 11.1 Å². The maximum atomic E-state index is 12.3. The fourth-order valence-corrected chi connectivity index (χ4v) is 3.46. The summed E-state index contributed by atoms with van der Waals surface area (Å²) in [6.45, 7) is 2.78. The number of rotatable bonds is 8. The van der Waals surface area contributed by atoms with E-state index in [1.807, 2.05) is 37.1 Å². The van der Waals surface area contributed by atoms with Crippen molar-refractivity contribution < 1.29 is 4.79 Å². The Morgan fingerprint density at radius 2 is 1.88 bits per heavy atom. The molecule has 1 atom stereocenters. The predicted molar refractivity (Wildman–Crippen MR) is 107 cm³/mol. The molecule has 2 aromatic rings. The highest BCUT2D eigenvalue weighted by molar-refractivity contribution is 7.18. The van der Waals surface area contributed by atoms with Gasteiger partial charge in [-0.1, -0.05) is 25.0 Å². The Bertz CT molecular complexity index is 588. The van der Waals surface area contributed by atoms with Gasteiger partial charge in [0, 0.05) is 13.5 Å². The van der Waals surface area contributed by atoms with Crippen LogP contribution < -0.4 is 5.73 Å². The van der Waals surface area contributed by atoms with Crippen LogP contribution in [0.5, 0.6) is 0 Å². The number of unbranched alkanes of at least 4 members (excludes halogenated alkanes) is 3. The molecule has 0 aliphatic carbocycles. The fraction of sp³-hybridized carbons (Fsp3) is 0.529. The summed E-state index contributed by atoms with van der Waals surface area (Å²) in [7, 11) is 1.87. The van der Waals surface area contributed by atoms with Gasteiger partial charge in [0.1, 0.15) is 5.01 Å². The van der Waals surface area contributed by atoms with Crippen LogP contribution in [0, 0.1) is 0 Å². The van der Waals surface area contributed by atoms with Gasteiger partial charge >= 0.3 is 0 Å². The molecule has 24 heavy (non-hydrogen) atoms. The second-order valence-electron chi connectivity index (χ2n) is 5.65. The Labute approximate surface area is 160 Å². The number of fused-ring (bicyclic) bond motifs is 1. The first-order valence-electron chi connectivity index (χ1n) is 7.94. The molecule has 1 aromatic heterocycles. The highest BCUT2D eigenvalue weighted by atomic mass is 35.5. The summed E-state index contributed by atoms with van der Waals surface area (Å²) < 4.78 is 1.17. The molecule has 0 fully saturated rings. The van der Waals surface area contributed by atoms with E-state index in [1.54, 1.807) is 11.3 Å². The van der Waals surface area contributed by atoms with Crippen LogP contribution in [0.3, 0.4) is 0 Å². The molecule has 136 valence electrons. The first kappa shape index (κ1) is 23.1. The van der Waals surface area contributed by atoms with Crippen LogP contribution in [0.4, 0.5) is 0 Å². The van der Waals surface area contributed by atoms with Crippen molar-refractivity contribution >= 4 is 52.3 Å². The molecule has 4 nitrogen and oxygen atoms in total. The molecular formula is C17H27Cl2N3OS. The number of nitrogens with zero attached hydrogens (tertiary/aromatic N) is 2. The van der Waals surface area contributed by atoms with Gasteiger partial charge in [0.15, 0.2) is 0 Å². The van der Waals surface area contributed by atoms with Crippen LogP contribution in [-0.2, 0) is 4.79 Å². The first-order valence-corrected chi connectivity index (χ1v) is 8.76. The van der Waals surface area contributed by atoms with Crippen LogP contribution in [0.15, 0.2) is 24.3 Å². The number of hydrogen-bond acceptors (Lipinski definition) is 4. The number of hydrogen-bond donors (Lipinski definition) is 1. The molecule has 7 heteroatoms. The monoisotopic (exact) mass is 391 g/mol. The Morgan fingerprint density at radius 3 is 2.54 bits per heavy atom. The van der Waals surface area contributed by atoms with E-state index in [4.69, 9.17) is 5.73 Å². The topological polar surface area (TPSA) is 59.2 Å². The van der Waals surface area contributed by atoms with E-state index in [-0.39, 0.29) is 36.8 Å². The zero-order valence-corrected chi connectivity index (χ0v) is 16.7. The first-order chi connectivity index (χ1) is 10.6. The van der Waals surface area contributed by atoms with Gasteiger partial charge < -0.3 is 10.6 Å². The van der Waals surface area contributed by atoms with E-state index in [0.717, 1.165) is 42.8 Å². The maximum absolute atomic E-state index is 12.3. The number of carbonyl (C=O) groups excluding carboxylic acids is 1. The molecule has 0 spiro atoms. The lowest BCUT2D eigenvalue weighted by molar-refractivity contribution is -0.131. The summed E-state index contributed by atoms with van der Waals surface area (Å²) in [6, 6.07) is 8.12. The molecule has 0 saturated heterocycles. The highest BCUT2D eigenvalue weighted by Crippen LogP contribution is 2.29. The third-order valence-electron chi connectivity index (χ3n) is 3.99. The second kappa shape index (κ2) is 11.6. The predicted octanol–water partition coefficient (Wildman–Crippen LogP) is 4.57. The minimum atomic E-state index is 0. The lowest BCUT2D eigenvalue weighted by Crippen LogP contribution is -2.29. The number of benzene rings is 1. The highest BCUT2D eigenvalue weighted by Gasteiger charge is 2.20. The van der Waals surface area contributed by atoms with Gasteiger partial charge in [0.25, 0.3) is 0 Å². The van der Waals surface area contributed by atoms with E-state index in [0.29, 0.717) is 6.42 Å². The van der Waals surface area contributed by atoms with Crippen LogP contribution in [0.2, 0.25) is 0 Å². The molecule has 1 unspecified atom stereocenters. The average molecular weight is 392 g/mol. The molecule has 0 aliphatic heterocycles. The number of nitrogens with two attached hydrogens (primary N) is 1. The summed E-state index contributed by atoms with van der Waals surface area (Å²) in [4.78, 5) is 18.8. The fourth-order valence-electron chi connectivity index (χ4n) is 2.40. The molecule has 2 rings (SSSR count). The van der Waals surface area contributed by atoms with Gasteiger partial charge in [-0.25, -0.2) is 4.98 Å². The van der Waals surface area contributed by atoms with Crippen LogP contribution >= 0.6 is 36.2 Å². The van der Waals surface area contributed by atoms with Gasteiger partial charge in [-0.05, 0) is 38.4 Å². The number of halogens is 2. The number of thiazole rings is 1. The van der Waals surface area contributed by atoms with Crippen molar-refractivity contribution in [3.05, 3.63) is 29.3 Å². The van der Waals surface area contributed by atoms with Crippen molar-refractivity contribution in [1.82, 2.24) is 9.88 Å². The smallest absolute Gasteiger partial charge is 0.222 e. The van der Waals surface area contributed by atoms with Crippen molar-refractivity contribution in [3.8, 4) is 0 Å². The van der Waals surface area contributed by atoms with Crippen molar-refractivity contribution in [3.63, 3.8) is 0 Å². The SMILES string of the molecule is CC(c1nc2ccccc2s1)N(C)C(=O)CCCCCCN.Cl.Cl. The zero-order chi connectivity index (χ0) is 15.9. The van der Waals surface area contributed by atoms with Gasteiger partial charge in [-0.15, -0.1) is 36.2 Å². The van der Waals surface area contributed by atoms with E-state index in [9.17, 15) is 4.79 Å². The van der Waals surface area contributed by atoms with E-state index >= 15 is 0 Å². The maximum Gasteiger partial charge on any atom is 0.222 e. The summed E-state index contributed by atoms with van der Waals surface area (Å²) in [5.74, 6) is 0.194. The normalized spacial score (nSPS) is 11.5. The summed E-state index contributed by atoms with van der Waals surface area (Å²) in [5.41, 5.74) is 6.48. The molecule has 1 heterocycles. The van der Waals surface area contributed by atoms with Crippen molar-refractivity contribution in [2.45, 2.75) is 45.1 Å². The number of para-hydroxylation sites is 1. The van der Waals surface area contributed by atoms with Crippen molar-refractivity contribution in [2.75, 3.05) is 13.6 Å². The third-order valence-corrected chi connectivity index (χ3v) is 5.19. The van der Waals surface area contributed by atoms with Gasteiger partial charge in [0.2, 0.25) is 5.91 Å². The Balaban J connectivity index is 0.00000264. The summed E-state index contributed by atoms with van der Waals surface area (Å²) >= 11 is 1.67. The second-order valence-corrected chi connectivity index (χ2v) is 6.72. The number of carbonyl (C=O) groups is 1. The summed E-state index contributed by atoms with van der Waals surface area (Å²) in [6.07, 6.45) is 4.78. The quantitative estimate of drug-likeness (QED) is 0.670. The van der Waals surface area contributed by atoms with Crippen LogP contribution in [0.25, 0.3) is 10.2 Å². The Hall–Kier alpha value is -0.880. The number of amides is 1. The van der Waals surface area contributed by atoms with Crippen LogP contribution in [0.1, 0.15) is 50.1 Å². The van der Waals surface area contributed by atoms with E-state index in [1.165, 1.54) is 4.70 Å². The van der Waals surface area contributed by atoms with Crippen molar-refractivity contribution in [2.24, 2.45) is 5.73 Å². The Kier molecular flexibility index (Phi) is 11.2. The van der Waals surface area contributed by atoms with Crippen molar-refractivity contribution in [1.29, 1.82) is 0 Å². The van der Waals surface area contributed by atoms with Gasteiger partial charge in [-0.2, -0.15) is 0 Å². The molecule has 0 radical (unpaired) electrons. The van der Waals surface area contributed by atoms with E-state index < -0.39 is 0 Å². The third kappa shape index (κ3) is 6.20. The molecule has 0 aliphatic rings. The molecule has 0 bridgehead atoms. The zero-order valence-electron chi connectivity index (χ0n) is 14.2. The average Bonchev–Trinajstić information content (AvgIpc) is 2.97.